The van der Waals surface area contributed by atoms with Crippen molar-refractivity contribution < 1.29 is 9.18 Å². The van der Waals surface area contributed by atoms with Gasteiger partial charge in [-0.05, 0) is 54.9 Å². The molecule has 2 rings (SSSR count). The first-order valence-electron chi connectivity index (χ1n) is 11.5. The molecule has 0 bridgehead atoms. The summed E-state index contributed by atoms with van der Waals surface area (Å²) in [6.07, 6.45) is 0. The fraction of sp³-hybridized carbons (Fsp3) is 0.536. The molecule has 0 aliphatic carbocycles. The van der Waals surface area contributed by atoms with Gasteiger partial charge in [0.2, 0.25) is 0 Å². The van der Waals surface area contributed by atoms with Crippen LogP contribution in [0.5, 0.6) is 0 Å². The van der Waals surface area contributed by atoms with E-state index in [0.29, 0.717) is 17.5 Å². The molecule has 0 atom stereocenters. The van der Waals surface area contributed by atoms with Crippen molar-refractivity contribution in [1.82, 2.24) is 4.90 Å². The third-order valence-electron chi connectivity index (χ3n) is 4.88. The lowest BCUT2D eigenvalue weighted by Crippen LogP contribution is -2.38. The molecule has 2 aromatic rings. The van der Waals surface area contributed by atoms with Gasteiger partial charge in [-0.3, -0.25) is 4.79 Å². The number of halogens is 1. The van der Waals surface area contributed by atoms with E-state index >= 15 is 0 Å². The number of hydrogen-bond acceptors (Lipinski definition) is 1. The van der Waals surface area contributed by atoms with Crippen LogP contribution in [0, 0.1) is 5.82 Å². The smallest absolute Gasteiger partial charge is 0.254 e. The van der Waals surface area contributed by atoms with Crippen LogP contribution in [0.3, 0.4) is 0 Å². The van der Waals surface area contributed by atoms with Crippen molar-refractivity contribution in [2.75, 3.05) is 6.54 Å². The van der Waals surface area contributed by atoms with Gasteiger partial charge in [0.1, 0.15) is 5.82 Å². The number of benzene rings is 2. The van der Waals surface area contributed by atoms with Crippen molar-refractivity contribution in [3.05, 3.63) is 71.0 Å². The van der Waals surface area contributed by atoms with E-state index in [1.807, 2.05) is 55.4 Å². The summed E-state index contributed by atoms with van der Waals surface area (Å²) >= 11 is 0. The second-order valence-electron chi connectivity index (χ2n) is 9.74. The highest BCUT2D eigenvalue weighted by molar-refractivity contribution is 5.96. The lowest BCUT2D eigenvalue weighted by atomic mass is 9.83. The zero-order valence-electron chi connectivity index (χ0n) is 21.6. The zero-order valence-corrected chi connectivity index (χ0v) is 21.6. The molecule has 0 fully saturated rings. The molecule has 0 saturated heterocycles. The van der Waals surface area contributed by atoms with Crippen molar-refractivity contribution in [2.24, 2.45) is 0 Å². The molecule has 0 radical (unpaired) electrons. The Labute approximate surface area is 190 Å². The molecule has 3 heteroatoms. The summed E-state index contributed by atoms with van der Waals surface area (Å²) in [5.74, 6) is -0.460. The SMILES string of the molecule is CC.CC(C)(C)c1ccccc1.CCN(C(=O)c1cc(F)ccc1C(C)(C)C)C(C)C. The molecular weight excluding hydrogens is 385 g/mol. The molecule has 1 amide bonds. The Kier molecular flexibility index (Phi) is 11.8. The fourth-order valence-corrected chi connectivity index (χ4v) is 3.18. The van der Waals surface area contributed by atoms with E-state index in [9.17, 15) is 9.18 Å². The van der Waals surface area contributed by atoms with Gasteiger partial charge in [-0.15, -0.1) is 0 Å². The molecule has 31 heavy (non-hydrogen) atoms. The summed E-state index contributed by atoms with van der Waals surface area (Å²) in [4.78, 5) is 14.4. The summed E-state index contributed by atoms with van der Waals surface area (Å²) in [7, 11) is 0. The van der Waals surface area contributed by atoms with Crippen LogP contribution in [-0.2, 0) is 10.8 Å². The van der Waals surface area contributed by atoms with Crippen molar-refractivity contribution in [1.29, 1.82) is 0 Å². The average Bonchev–Trinajstić information content (AvgIpc) is 2.69. The van der Waals surface area contributed by atoms with Gasteiger partial charge in [0.15, 0.2) is 0 Å². The summed E-state index contributed by atoms with van der Waals surface area (Å²) in [5, 5.41) is 0. The van der Waals surface area contributed by atoms with E-state index in [1.54, 1.807) is 11.0 Å². The third-order valence-corrected chi connectivity index (χ3v) is 4.88. The molecule has 0 aliphatic rings. The number of hydrogen-bond donors (Lipinski definition) is 0. The van der Waals surface area contributed by atoms with Crippen LogP contribution < -0.4 is 0 Å². The van der Waals surface area contributed by atoms with Crippen LogP contribution in [0.15, 0.2) is 48.5 Å². The average molecular weight is 430 g/mol. The predicted octanol–water partition coefficient (Wildman–Crippen LogP) is 8.00. The van der Waals surface area contributed by atoms with E-state index < -0.39 is 0 Å². The number of carbonyl (C=O) groups excluding carboxylic acids is 1. The number of carbonyl (C=O) groups is 1. The van der Waals surface area contributed by atoms with Crippen molar-refractivity contribution in [3.63, 3.8) is 0 Å². The molecule has 0 aliphatic heterocycles. The van der Waals surface area contributed by atoms with E-state index in [-0.39, 0.29) is 23.2 Å². The lowest BCUT2D eigenvalue weighted by molar-refractivity contribution is 0.0714. The minimum absolute atomic E-state index is 0.0954. The van der Waals surface area contributed by atoms with Crippen LogP contribution in [-0.4, -0.2) is 23.4 Å². The number of rotatable bonds is 3. The largest absolute Gasteiger partial charge is 0.336 e. The van der Waals surface area contributed by atoms with Gasteiger partial charge in [0.05, 0.1) is 0 Å². The maximum atomic E-state index is 13.5. The Bertz CT molecular complexity index is 783. The second-order valence-corrected chi connectivity index (χ2v) is 9.74. The minimum Gasteiger partial charge on any atom is -0.336 e. The minimum atomic E-state index is -0.365. The van der Waals surface area contributed by atoms with E-state index in [0.717, 1.165) is 5.56 Å². The van der Waals surface area contributed by atoms with E-state index in [2.05, 4.69) is 51.1 Å². The Morgan fingerprint density at radius 2 is 1.42 bits per heavy atom. The normalized spacial score (nSPS) is 11.1. The molecule has 174 valence electrons. The zero-order chi connectivity index (χ0) is 24.4. The molecular formula is C28H44FNO. The monoisotopic (exact) mass is 429 g/mol. The van der Waals surface area contributed by atoms with Gasteiger partial charge in [-0.25, -0.2) is 4.39 Å². The first kappa shape index (κ1) is 28.8. The summed E-state index contributed by atoms with van der Waals surface area (Å²) in [5.41, 5.74) is 2.87. The predicted molar refractivity (Wildman–Crippen MR) is 133 cm³/mol. The summed E-state index contributed by atoms with van der Waals surface area (Å²) in [6.45, 7) is 23.3. The number of nitrogens with zero attached hydrogens (tertiary/aromatic N) is 1. The van der Waals surface area contributed by atoms with Gasteiger partial charge in [0, 0.05) is 18.2 Å². The molecule has 0 aromatic heterocycles. The van der Waals surface area contributed by atoms with Crippen LogP contribution in [0.25, 0.3) is 0 Å². The van der Waals surface area contributed by atoms with Crippen molar-refractivity contribution >= 4 is 5.91 Å². The van der Waals surface area contributed by atoms with Crippen LogP contribution in [0.1, 0.15) is 97.6 Å². The van der Waals surface area contributed by atoms with Crippen molar-refractivity contribution in [3.8, 4) is 0 Å². The number of amides is 1. The van der Waals surface area contributed by atoms with Gasteiger partial charge < -0.3 is 4.90 Å². The molecule has 0 N–H and O–H groups in total. The quantitative estimate of drug-likeness (QED) is 0.484. The van der Waals surface area contributed by atoms with E-state index in [4.69, 9.17) is 0 Å². The highest BCUT2D eigenvalue weighted by Gasteiger charge is 2.25. The molecule has 0 spiro atoms. The molecule has 0 heterocycles. The highest BCUT2D eigenvalue weighted by Crippen LogP contribution is 2.28. The molecule has 2 nitrogen and oxygen atoms in total. The van der Waals surface area contributed by atoms with Gasteiger partial charge >= 0.3 is 0 Å². The second kappa shape index (κ2) is 12.6. The van der Waals surface area contributed by atoms with Crippen LogP contribution in [0.4, 0.5) is 4.39 Å². The fourth-order valence-electron chi connectivity index (χ4n) is 3.18. The molecule has 2 aromatic carbocycles. The third kappa shape index (κ3) is 9.25. The Balaban J connectivity index is 0.000000628. The topological polar surface area (TPSA) is 20.3 Å². The maximum Gasteiger partial charge on any atom is 0.254 e. The van der Waals surface area contributed by atoms with Gasteiger partial charge in [-0.2, -0.15) is 0 Å². The van der Waals surface area contributed by atoms with Crippen molar-refractivity contribution in [2.45, 2.75) is 93.0 Å². The van der Waals surface area contributed by atoms with Crippen LogP contribution in [0.2, 0.25) is 0 Å². The van der Waals surface area contributed by atoms with Gasteiger partial charge in [-0.1, -0.05) is 91.8 Å². The Morgan fingerprint density at radius 3 is 1.77 bits per heavy atom. The molecule has 0 saturated carbocycles. The van der Waals surface area contributed by atoms with E-state index in [1.165, 1.54) is 17.7 Å². The lowest BCUT2D eigenvalue weighted by Gasteiger charge is -2.29. The first-order chi connectivity index (χ1) is 14.3. The Hall–Kier alpha value is -2.16. The maximum absolute atomic E-state index is 13.5. The Morgan fingerprint density at radius 1 is 0.903 bits per heavy atom. The highest BCUT2D eigenvalue weighted by atomic mass is 19.1. The van der Waals surface area contributed by atoms with Gasteiger partial charge in [0.25, 0.3) is 5.91 Å². The summed E-state index contributed by atoms with van der Waals surface area (Å²) in [6, 6.07) is 15.2. The summed E-state index contributed by atoms with van der Waals surface area (Å²) < 4.78 is 13.5. The van der Waals surface area contributed by atoms with Crippen LogP contribution >= 0.6 is 0 Å². The first-order valence-corrected chi connectivity index (χ1v) is 11.5. The standard InChI is InChI=1S/C16H24FNO.C10H14.C2H6/c1-7-18(11(2)3)15(19)13-10-12(17)8-9-14(13)16(4,5)6;1-10(2,3)9-7-5-4-6-8-9;1-2/h8-11H,7H2,1-6H3;4-8H,1-3H3;1-2H3. The molecule has 0 unspecified atom stereocenters.